The molecule has 1 unspecified atom stereocenters. The van der Waals surface area contributed by atoms with Gasteiger partial charge in [-0.3, -0.25) is 9.48 Å². The topological polar surface area (TPSA) is 55.1 Å². The van der Waals surface area contributed by atoms with Crippen molar-refractivity contribution in [3.8, 4) is 0 Å². The van der Waals surface area contributed by atoms with Crippen molar-refractivity contribution in [2.75, 3.05) is 0 Å². The number of alkyl halides is 1. The van der Waals surface area contributed by atoms with E-state index in [9.17, 15) is 4.79 Å². The van der Waals surface area contributed by atoms with Gasteiger partial charge in [0.25, 0.3) is 0 Å². The molecule has 0 aliphatic heterocycles. The zero-order chi connectivity index (χ0) is 10.7. The third-order valence-corrected chi connectivity index (χ3v) is 2.68. The highest BCUT2D eigenvalue weighted by Gasteiger charge is 2.14. The van der Waals surface area contributed by atoms with Crippen LogP contribution < -0.4 is 0 Å². The Morgan fingerprint density at radius 3 is 2.86 bits per heavy atom. The Labute approximate surface area is 87.5 Å². The van der Waals surface area contributed by atoms with E-state index in [2.05, 4.69) is 5.10 Å². The molecule has 1 N–H and O–H groups in total. The molecule has 78 valence electrons. The molecule has 0 bridgehead atoms. The van der Waals surface area contributed by atoms with Crippen molar-refractivity contribution in [2.24, 2.45) is 7.05 Å². The van der Waals surface area contributed by atoms with Crippen LogP contribution in [0.3, 0.4) is 0 Å². The fourth-order valence-corrected chi connectivity index (χ4v) is 1.55. The monoisotopic (exact) mass is 216 g/mol. The van der Waals surface area contributed by atoms with Crippen molar-refractivity contribution < 1.29 is 9.90 Å². The number of carbonyl (C=O) groups is 1. The van der Waals surface area contributed by atoms with Crippen molar-refractivity contribution in [3.63, 3.8) is 0 Å². The van der Waals surface area contributed by atoms with Crippen molar-refractivity contribution in [2.45, 2.75) is 25.1 Å². The van der Waals surface area contributed by atoms with Crippen LogP contribution in [0.25, 0.3) is 0 Å². The van der Waals surface area contributed by atoms with Gasteiger partial charge in [0.15, 0.2) is 0 Å². The van der Waals surface area contributed by atoms with Crippen LogP contribution >= 0.6 is 11.6 Å². The Kier molecular flexibility index (Phi) is 3.52. The summed E-state index contributed by atoms with van der Waals surface area (Å²) in [6, 6.07) is 0. The van der Waals surface area contributed by atoms with Gasteiger partial charge in [0.1, 0.15) is 0 Å². The molecule has 1 heterocycles. The molecule has 1 atom stereocenters. The van der Waals surface area contributed by atoms with E-state index in [0.29, 0.717) is 6.42 Å². The molecule has 1 aromatic rings. The van der Waals surface area contributed by atoms with Gasteiger partial charge in [-0.25, -0.2) is 0 Å². The molecule has 0 saturated heterocycles. The van der Waals surface area contributed by atoms with Gasteiger partial charge in [-0.1, -0.05) is 0 Å². The third-order valence-electron chi connectivity index (χ3n) is 2.22. The molecule has 14 heavy (non-hydrogen) atoms. The second kappa shape index (κ2) is 4.46. The molecule has 0 amide bonds. The summed E-state index contributed by atoms with van der Waals surface area (Å²) in [6.45, 7) is 1.92. The summed E-state index contributed by atoms with van der Waals surface area (Å²) in [7, 11) is 1.83. The summed E-state index contributed by atoms with van der Waals surface area (Å²) < 4.78 is 1.73. The first-order valence-corrected chi connectivity index (χ1v) is 4.80. The number of carboxylic acid groups (broad SMARTS) is 1. The predicted molar refractivity (Wildman–Crippen MR) is 53.4 cm³/mol. The largest absolute Gasteiger partial charge is 0.481 e. The highest BCUT2D eigenvalue weighted by atomic mass is 35.5. The van der Waals surface area contributed by atoms with Crippen molar-refractivity contribution >= 4 is 17.6 Å². The van der Waals surface area contributed by atoms with Crippen molar-refractivity contribution in [3.05, 3.63) is 17.5 Å². The Hall–Kier alpha value is -1.03. The lowest BCUT2D eigenvalue weighted by Crippen LogP contribution is -2.00. The summed E-state index contributed by atoms with van der Waals surface area (Å²) in [4.78, 5) is 10.3. The molecule has 0 aromatic carbocycles. The summed E-state index contributed by atoms with van der Waals surface area (Å²) in [5.41, 5.74) is 1.89. The van der Waals surface area contributed by atoms with Crippen LogP contribution in [0.5, 0.6) is 0 Å². The zero-order valence-corrected chi connectivity index (χ0v) is 8.95. The standard InChI is InChI=1S/C9H13ClN2O2/c1-6-7(5-11-12(6)2)8(10)3-4-9(13)14/h5,8H,3-4H2,1-2H3,(H,13,14). The van der Waals surface area contributed by atoms with E-state index < -0.39 is 5.97 Å². The minimum Gasteiger partial charge on any atom is -0.481 e. The van der Waals surface area contributed by atoms with Crippen molar-refractivity contribution in [1.29, 1.82) is 0 Å². The first-order chi connectivity index (χ1) is 6.52. The number of carboxylic acids is 1. The summed E-state index contributed by atoms with van der Waals surface area (Å²) in [5, 5.41) is 12.3. The number of halogens is 1. The average Bonchev–Trinajstić information content (AvgIpc) is 2.44. The van der Waals surface area contributed by atoms with Gasteiger partial charge < -0.3 is 5.11 Å². The Morgan fingerprint density at radius 2 is 2.43 bits per heavy atom. The first-order valence-electron chi connectivity index (χ1n) is 4.36. The van der Waals surface area contributed by atoms with Gasteiger partial charge in [0.05, 0.1) is 11.6 Å². The van der Waals surface area contributed by atoms with Gasteiger partial charge in [-0.15, -0.1) is 11.6 Å². The van der Waals surface area contributed by atoms with Gasteiger partial charge >= 0.3 is 5.97 Å². The van der Waals surface area contributed by atoms with E-state index in [4.69, 9.17) is 16.7 Å². The molecule has 0 saturated carbocycles. The molecule has 0 radical (unpaired) electrons. The van der Waals surface area contributed by atoms with Crippen LogP contribution in [0.2, 0.25) is 0 Å². The quantitative estimate of drug-likeness (QED) is 0.782. The second-order valence-electron chi connectivity index (χ2n) is 3.21. The van der Waals surface area contributed by atoms with Gasteiger partial charge in [0, 0.05) is 24.7 Å². The van der Waals surface area contributed by atoms with E-state index in [1.165, 1.54) is 0 Å². The smallest absolute Gasteiger partial charge is 0.303 e. The van der Waals surface area contributed by atoms with Crippen LogP contribution in [0.4, 0.5) is 0 Å². The molecular weight excluding hydrogens is 204 g/mol. The molecule has 1 rings (SSSR count). The second-order valence-corrected chi connectivity index (χ2v) is 3.74. The Balaban J connectivity index is 2.65. The maximum atomic E-state index is 10.3. The summed E-state index contributed by atoms with van der Waals surface area (Å²) in [6.07, 6.45) is 2.21. The highest BCUT2D eigenvalue weighted by molar-refractivity contribution is 6.20. The number of rotatable bonds is 4. The predicted octanol–water partition coefficient (Wildman–Crippen LogP) is 1.87. The van der Waals surface area contributed by atoms with Gasteiger partial charge in [-0.05, 0) is 13.3 Å². The number of nitrogens with zero attached hydrogens (tertiary/aromatic N) is 2. The summed E-state index contributed by atoms with van der Waals surface area (Å²) >= 11 is 6.05. The summed E-state index contributed by atoms with van der Waals surface area (Å²) in [5.74, 6) is -0.822. The number of aromatic nitrogens is 2. The maximum Gasteiger partial charge on any atom is 0.303 e. The molecule has 4 nitrogen and oxygen atoms in total. The molecule has 0 aliphatic carbocycles. The molecule has 5 heteroatoms. The van der Waals surface area contributed by atoms with Crippen LogP contribution in [-0.2, 0) is 11.8 Å². The number of aliphatic carboxylic acids is 1. The zero-order valence-electron chi connectivity index (χ0n) is 8.20. The van der Waals surface area contributed by atoms with Crippen LogP contribution in [-0.4, -0.2) is 20.9 Å². The van der Waals surface area contributed by atoms with E-state index in [0.717, 1.165) is 11.3 Å². The highest BCUT2D eigenvalue weighted by Crippen LogP contribution is 2.27. The number of aryl methyl sites for hydroxylation is 1. The normalized spacial score (nSPS) is 12.8. The SMILES string of the molecule is Cc1c(C(Cl)CCC(=O)O)cnn1C. The Morgan fingerprint density at radius 1 is 1.79 bits per heavy atom. The number of hydrogen-bond donors (Lipinski definition) is 1. The maximum absolute atomic E-state index is 10.3. The van der Waals surface area contributed by atoms with Crippen LogP contribution in [0, 0.1) is 6.92 Å². The fourth-order valence-electron chi connectivity index (χ4n) is 1.23. The molecule has 1 aromatic heterocycles. The molecule has 0 aliphatic rings. The average molecular weight is 217 g/mol. The van der Waals surface area contributed by atoms with E-state index in [1.54, 1.807) is 10.9 Å². The van der Waals surface area contributed by atoms with E-state index in [1.807, 2.05) is 14.0 Å². The van der Waals surface area contributed by atoms with Crippen LogP contribution in [0.15, 0.2) is 6.20 Å². The minimum absolute atomic E-state index is 0.0858. The lowest BCUT2D eigenvalue weighted by atomic mass is 10.1. The fraction of sp³-hybridized carbons (Fsp3) is 0.556. The third kappa shape index (κ3) is 2.48. The minimum atomic E-state index is -0.822. The van der Waals surface area contributed by atoms with Crippen molar-refractivity contribution in [1.82, 2.24) is 9.78 Å². The lowest BCUT2D eigenvalue weighted by Gasteiger charge is -2.06. The van der Waals surface area contributed by atoms with Gasteiger partial charge in [-0.2, -0.15) is 5.10 Å². The molecule has 0 spiro atoms. The van der Waals surface area contributed by atoms with Gasteiger partial charge in [0.2, 0.25) is 0 Å². The van der Waals surface area contributed by atoms with E-state index in [-0.39, 0.29) is 11.8 Å². The lowest BCUT2D eigenvalue weighted by molar-refractivity contribution is -0.137. The Bertz CT molecular complexity index is 336. The molecule has 0 fully saturated rings. The van der Waals surface area contributed by atoms with E-state index >= 15 is 0 Å². The number of hydrogen-bond acceptors (Lipinski definition) is 2. The van der Waals surface area contributed by atoms with Crippen LogP contribution in [0.1, 0.15) is 29.5 Å². The first kappa shape index (κ1) is 11.0. The molecular formula is C9H13ClN2O2.